The summed E-state index contributed by atoms with van der Waals surface area (Å²) in [5.74, 6) is -0.271. The van der Waals surface area contributed by atoms with Crippen LogP contribution in [0, 0.1) is 5.92 Å². The first-order valence-corrected chi connectivity index (χ1v) is 9.02. The van der Waals surface area contributed by atoms with Crippen molar-refractivity contribution in [2.45, 2.75) is 71.1 Å². The second-order valence-corrected chi connectivity index (χ2v) is 7.54. The lowest BCUT2D eigenvalue weighted by atomic mass is 9.94. The third kappa shape index (κ3) is 6.72. The minimum Gasteiger partial charge on any atom is -0.444 e. The summed E-state index contributed by atoms with van der Waals surface area (Å²) in [4.78, 5) is 29.0. The van der Waals surface area contributed by atoms with Gasteiger partial charge in [0, 0.05) is 12.2 Å². The Morgan fingerprint density at radius 3 is 2.64 bits per heavy atom. The molecule has 1 aromatic heterocycles. The van der Waals surface area contributed by atoms with Crippen molar-refractivity contribution >= 4 is 12.0 Å². The van der Waals surface area contributed by atoms with E-state index < -0.39 is 11.7 Å². The lowest BCUT2D eigenvalue weighted by Crippen LogP contribution is -2.47. The molecule has 0 spiro atoms. The molecule has 6 nitrogen and oxygen atoms in total. The van der Waals surface area contributed by atoms with Gasteiger partial charge in [-0.25, -0.2) is 4.79 Å². The number of alkyl carbamates (subject to hydrolysis) is 1. The molecule has 2 amide bonds. The van der Waals surface area contributed by atoms with Crippen molar-refractivity contribution < 1.29 is 14.3 Å². The highest BCUT2D eigenvalue weighted by atomic mass is 16.6. The maximum absolute atomic E-state index is 12.7. The Balaban J connectivity index is 1.96. The lowest BCUT2D eigenvalue weighted by Gasteiger charge is -2.27. The maximum atomic E-state index is 12.7. The molecule has 25 heavy (non-hydrogen) atoms. The van der Waals surface area contributed by atoms with E-state index in [2.05, 4.69) is 15.6 Å². The Kier molecular flexibility index (Phi) is 6.79. The number of amides is 2. The summed E-state index contributed by atoms with van der Waals surface area (Å²) in [5.41, 5.74) is 0.270. The highest BCUT2D eigenvalue weighted by Gasteiger charge is 2.31. The number of ether oxygens (including phenoxy) is 1. The molecule has 1 fully saturated rings. The average molecular weight is 347 g/mol. The summed E-state index contributed by atoms with van der Waals surface area (Å²) >= 11 is 0. The Labute approximate surface area is 149 Å². The lowest BCUT2D eigenvalue weighted by molar-refractivity contribution is -0.126. The summed E-state index contributed by atoms with van der Waals surface area (Å²) in [6, 6.07) is 5.43. The third-order valence-electron chi connectivity index (χ3n) is 4.22. The standard InChI is InChI=1S/C19H29N3O3/c1-19(2,3)25-18(24)22-16-11-6-4-5-10-15(16)17(23)21-13-14-9-7-8-12-20-14/h7-9,12,15-16H,4-6,10-11,13H2,1-3H3,(H,21,23)(H,22,24)/t15-,16+/m0/s1. The van der Waals surface area contributed by atoms with Gasteiger partial charge < -0.3 is 15.4 Å². The van der Waals surface area contributed by atoms with Crippen molar-refractivity contribution in [1.82, 2.24) is 15.6 Å². The Bertz CT molecular complexity index is 569. The van der Waals surface area contributed by atoms with Crippen LogP contribution in [0.15, 0.2) is 24.4 Å². The SMILES string of the molecule is CC(C)(C)OC(=O)N[C@@H]1CCCCC[C@@H]1C(=O)NCc1ccccn1. The van der Waals surface area contributed by atoms with Crippen molar-refractivity contribution in [3.63, 3.8) is 0 Å². The molecule has 0 bridgehead atoms. The second kappa shape index (κ2) is 8.83. The highest BCUT2D eigenvalue weighted by molar-refractivity contribution is 5.80. The molecule has 2 atom stereocenters. The van der Waals surface area contributed by atoms with Gasteiger partial charge in [0.2, 0.25) is 5.91 Å². The average Bonchev–Trinajstić information content (AvgIpc) is 2.77. The minimum atomic E-state index is -0.550. The number of aromatic nitrogens is 1. The van der Waals surface area contributed by atoms with E-state index in [9.17, 15) is 9.59 Å². The molecule has 2 N–H and O–H groups in total. The van der Waals surface area contributed by atoms with Crippen LogP contribution in [0.3, 0.4) is 0 Å². The molecule has 0 radical (unpaired) electrons. The number of nitrogens with one attached hydrogen (secondary N) is 2. The zero-order valence-electron chi connectivity index (χ0n) is 15.4. The number of carbonyl (C=O) groups excluding carboxylic acids is 2. The van der Waals surface area contributed by atoms with E-state index in [0.29, 0.717) is 6.54 Å². The summed E-state index contributed by atoms with van der Waals surface area (Å²) < 4.78 is 5.35. The van der Waals surface area contributed by atoms with Gasteiger partial charge in [-0.05, 0) is 45.7 Å². The first kappa shape index (κ1) is 19.2. The number of pyridine rings is 1. The van der Waals surface area contributed by atoms with E-state index >= 15 is 0 Å². The molecule has 1 aromatic rings. The van der Waals surface area contributed by atoms with E-state index in [1.807, 2.05) is 39.0 Å². The van der Waals surface area contributed by atoms with Gasteiger partial charge in [0.05, 0.1) is 18.2 Å². The predicted octanol–water partition coefficient (Wildman–Crippen LogP) is 3.17. The normalized spacial score (nSPS) is 21.1. The predicted molar refractivity (Wildman–Crippen MR) is 95.8 cm³/mol. The molecule has 0 saturated heterocycles. The van der Waals surface area contributed by atoms with Gasteiger partial charge in [-0.1, -0.05) is 25.3 Å². The van der Waals surface area contributed by atoms with E-state index in [1.54, 1.807) is 6.20 Å². The van der Waals surface area contributed by atoms with Crippen LogP contribution in [0.1, 0.15) is 58.6 Å². The first-order valence-electron chi connectivity index (χ1n) is 9.02. The quantitative estimate of drug-likeness (QED) is 0.820. The molecule has 138 valence electrons. The molecule has 1 aliphatic carbocycles. The van der Waals surface area contributed by atoms with Crippen LogP contribution >= 0.6 is 0 Å². The molecule has 0 unspecified atom stereocenters. The molecule has 1 heterocycles. The van der Waals surface area contributed by atoms with Crippen LogP contribution in [0.2, 0.25) is 0 Å². The van der Waals surface area contributed by atoms with Crippen molar-refractivity contribution in [3.05, 3.63) is 30.1 Å². The van der Waals surface area contributed by atoms with E-state index in [-0.39, 0.29) is 17.9 Å². The molecule has 0 aliphatic heterocycles. The monoisotopic (exact) mass is 347 g/mol. The van der Waals surface area contributed by atoms with Crippen LogP contribution in [-0.2, 0) is 16.1 Å². The Hall–Kier alpha value is -2.11. The van der Waals surface area contributed by atoms with Crippen LogP contribution in [0.5, 0.6) is 0 Å². The molecule has 6 heteroatoms. The first-order chi connectivity index (χ1) is 11.8. The van der Waals surface area contributed by atoms with Crippen molar-refractivity contribution in [2.75, 3.05) is 0 Å². The molecular weight excluding hydrogens is 318 g/mol. The maximum Gasteiger partial charge on any atom is 0.407 e. The smallest absolute Gasteiger partial charge is 0.407 e. The number of hydrogen-bond donors (Lipinski definition) is 2. The molecule has 1 aliphatic rings. The highest BCUT2D eigenvalue weighted by Crippen LogP contribution is 2.24. The van der Waals surface area contributed by atoms with Crippen molar-refractivity contribution in [2.24, 2.45) is 5.92 Å². The topological polar surface area (TPSA) is 80.3 Å². The summed E-state index contributed by atoms with van der Waals surface area (Å²) in [7, 11) is 0. The minimum absolute atomic E-state index is 0.0337. The van der Waals surface area contributed by atoms with E-state index in [4.69, 9.17) is 4.74 Å². The fourth-order valence-corrected chi connectivity index (χ4v) is 3.06. The van der Waals surface area contributed by atoms with Gasteiger partial charge in [-0.2, -0.15) is 0 Å². The molecule has 0 aromatic carbocycles. The Morgan fingerprint density at radius 2 is 1.96 bits per heavy atom. The zero-order valence-corrected chi connectivity index (χ0v) is 15.4. The van der Waals surface area contributed by atoms with E-state index in [0.717, 1.165) is 37.8 Å². The fraction of sp³-hybridized carbons (Fsp3) is 0.632. The van der Waals surface area contributed by atoms with Gasteiger partial charge in [-0.15, -0.1) is 0 Å². The van der Waals surface area contributed by atoms with Crippen LogP contribution in [0.4, 0.5) is 4.79 Å². The fourth-order valence-electron chi connectivity index (χ4n) is 3.06. The molecule has 1 saturated carbocycles. The Morgan fingerprint density at radius 1 is 1.20 bits per heavy atom. The van der Waals surface area contributed by atoms with Crippen molar-refractivity contribution in [3.8, 4) is 0 Å². The zero-order chi connectivity index (χ0) is 18.3. The molecule has 2 rings (SSSR count). The summed E-state index contributed by atoms with van der Waals surface area (Å²) in [6.45, 7) is 5.89. The molecular formula is C19H29N3O3. The van der Waals surface area contributed by atoms with Crippen LogP contribution < -0.4 is 10.6 Å². The van der Waals surface area contributed by atoms with Gasteiger partial charge in [0.25, 0.3) is 0 Å². The van der Waals surface area contributed by atoms with Gasteiger partial charge in [0.15, 0.2) is 0 Å². The second-order valence-electron chi connectivity index (χ2n) is 7.54. The van der Waals surface area contributed by atoms with Gasteiger partial charge in [-0.3, -0.25) is 9.78 Å². The summed E-state index contributed by atoms with van der Waals surface area (Å²) in [6.07, 6.45) is 5.90. The van der Waals surface area contributed by atoms with Crippen LogP contribution in [-0.4, -0.2) is 28.6 Å². The number of nitrogens with zero attached hydrogens (tertiary/aromatic N) is 1. The largest absolute Gasteiger partial charge is 0.444 e. The number of carbonyl (C=O) groups is 2. The summed E-state index contributed by atoms with van der Waals surface area (Å²) in [5, 5.41) is 5.86. The van der Waals surface area contributed by atoms with Crippen molar-refractivity contribution in [1.29, 1.82) is 0 Å². The third-order valence-corrected chi connectivity index (χ3v) is 4.22. The van der Waals surface area contributed by atoms with Gasteiger partial charge in [0.1, 0.15) is 5.60 Å². The van der Waals surface area contributed by atoms with Gasteiger partial charge >= 0.3 is 6.09 Å². The van der Waals surface area contributed by atoms with Crippen LogP contribution in [0.25, 0.3) is 0 Å². The number of rotatable bonds is 4. The van der Waals surface area contributed by atoms with E-state index in [1.165, 1.54) is 0 Å². The number of hydrogen-bond acceptors (Lipinski definition) is 4.